The van der Waals surface area contributed by atoms with Crippen molar-refractivity contribution in [2.45, 2.75) is 25.7 Å². The lowest BCUT2D eigenvalue weighted by molar-refractivity contribution is -0.384. The topological polar surface area (TPSA) is 147 Å². The second-order valence-corrected chi connectivity index (χ2v) is 12.9. The highest BCUT2D eigenvalue weighted by atomic mass is 35.5. The van der Waals surface area contributed by atoms with E-state index in [9.17, 15) is 38.8 Å². The fourth-order valence-electron chi connectivity index (χ4n) is 8.12. The first kappa shape index (κ1) is 30.5. The van der Waals surface area contributed by atoms with Crippen LogP contribution in [-0.2, 0) is 19.2 Å². The fraction of sp³-hybridized carbons (Fsp3) is 0.294. The number of hydrogen-bond acceptors (Lipinski definition) is 8. The van der Waals surface area contributed by atoms with Crippen molar-refractivity contribution in [3.63, 3.8) is 0 Å². The van der Waals surface area contributed by atoms with Crippen LogP contribution in [0.5, 0.6) is 11.5 Å². The lowest BCUT2D eigenvalue weighted by Crippen LogP contribution is -2.48. The van der Waals surface area contributed by atoms with Crippen molar-refractivity contribution in [1.82, 2.24) is 0 Å². The molecule has 7 rings (SSSR count). The van der Waals surface area contributed by atoms with Gasteiger partial charge in [-0.05, 0) is 73.7 Å². The summed E-state index contributed by atoms with van der Waals surface area (Å²) < 4.78 is 19.5. The number of phenolic OH excluding ortho intramolecular Hbond substituents is 1. The quantitative estimate of drug-likeness (QED) is 0.163. The average molecular weight is 660 g/mol. The molecule has 4 amide bonds. The third kappa shape index (κ3) is 4.31. The summed E-state index contributed by atoms with van der Waals surface area (Å²) >= 11 is 6.05. The van der Waals surface area contributed by atoms with Crippen molar-refractivity contribution in [3.05, 3.63) is 98.8 Å². The van der Waals surface area contributed by atoms with Crippen LogP contribution in [0.1, 0.15) is 31.2 Å². The highest BCUT2D eigenvalue weighted by molar-refractivity contribution is 6.32. The number of halogens is 2. The maximum atomic E-state index is 14.5. The SMILES string of the molecule is COc1cc([C@H]2C3=CC[C@@H]4C(=O)N(c5ccc([N+](=O)[O-])cc5)C(=O)[C@@H]4[C@@H]3C[C@H]3C(=O)N(c4ccc(F)c(Cl)c4)C(=O)[C@@]23C)ccc1O. The van der Waals surface area contributed by atoms with Gasteiger partial charge in [0.25, 0.3) is 5.69 Å². The molecule has 0 spiro atoms. The number of imide groups is 2. The van der Waals surface area contributed by atoms with Gasteiger partial charge in [0.15, 0.2) is 11.5 Å². The van der Waals surface area contributed by atoms with E-state index in [4.69, 9.17) is 16.3 Å². The molecule has 0 aromatic heterocycles. The number of anilines is 2. The van der Waals surface area contributed by atoms with Gasteiger partial charge in [-0.15, -0.1) is 0 Å². The molecule has 3 aromatic carbocycles. The lowest BCUT2D eigenvalue weighted by atomic mass is 9.51. The molecule has 2 aliphatic heterocycles. The van der Waals surface area contributed by atoms with E-state index in [1.807, 2.05) is 6.08 Å². The molecule has 2 aliphatic carbocycles. The van der Waals surface area contributed by atoms with Crippen molar-refractivity contribution < 1.29 is 38.3 Å². The summed E-state index contributed by atoms with van der Waals surface area (Å²) in [5, 5.41) is 21.3. The Kier molecular flexibility index (Phi) is 6.97. The summed E-state index contributed by atoms with van der Waals surface area (Å²) in [5.74, 6) is -6.64. The first-order valence-electron chi connectivity index (χ1n) is 14.9. The summed E-state index contributed by atoms with van der Waals surface area (Å²) in [7, 11) is 1.39. The van der Waals surface area contributed by atoms with Crippen LogP contribution in [0.15, 0.2) is 72.3 Å². The fourth-order valence-corrected chi connectivity index (χ4v) is 8.29. The molecule has 0 unspecified atom stereocenters. The van der Waals surface area contributed by atoms with Crippen LogP contribution >= 0.6 is 11.6 Å². The number of carbonyl (C=O) groups excluding carboxylic acids is 4. The standard InChI is InChI=1S/C34H27ClFN3O8/c1-34-23(31(42)38(33(34)44)19-8-11-25(36)24(35)14-19)15-22-20(29(34)16-3-12-26(40)27(13-16)47-2)9-10-21-28(22)32(43)37(30(21)41)17-4-6-18(7-5-17)39(45)46/h3-9,11-14,21-23,28-29,40H,10,15H2,1-2H3/t21-,22+,23-,28-,29-,34+/m0/s1. The van der Waals surface area contributed by atoms with Crippen LogP contribution in [0.4, 0.5) is 21.5 Å². The summed E-state index contributed by atoms with van der Waals surface area (Å²) in [6.45, 7) is 1.70. The monoisotopic (exact) mass is 659 g/mol. The van der Waals surface area contributed by atoms with Crippen molar-refractivity contribution in [2.75, 3.05) is 16.9 Å². The van der Waals surface area contributed by atoms with Crippen LogP contribution in [0, 0.1) is 45.0 Å². The van der Waals surface area contributed by atoms with Crippen molar-refractivity contribution in [3.8, 4) is 11.5 Å². The first-order valence-corrected chi connectivity index (χ1v) is 15.3. The largest absolute Gasteiger partial charge is 0.504 e. The second kappa shape index (κ2) is 10.7. The Bertz CT molecular complexity index is 1950. The van der Waals surface area contributed by atoms with Gasteiger partial charge in [0, 0.05) is 18.1 Å². The Morgan fingerprint density at radius 1 is 0.957 bits per heavy atom. The van der Waals surface area contributed by atoms with Gasteiger partial charge in [-0.25, -0.2) is 9.29 Å². The van der Waals surface area contributed by atoms with Gasteiger partial charge in [0.2, 0.25) is 23.6 Å². The molecule has 1 saturated carbocycles. The number of nitrogens with zero attached hydrogens (tertiary/aromatic N) is 3. The molecule has 3 aromatic rings. The molecule has 0 bridgehead atoms. The van der Waals surface area contributed by atoms with E-state index in [1.54, 1.807) is 19.1 Å². The van der Waals surface area contributed by atoms with E-state index in [0.29, 0.717) is 11.1 Å². The number of phenols is 1. The van der Waals surface area contributed by atoms with Crippen LogP contribution in [0.25, 0.3) is 0 Å². The minimum Gasteiger partial charge on any atom is -0.504 e. The molecule has 3 fully saturated rings. The zero-order chi connectivity index (χ0) is 33.5. The highest BCUT2D eigenvalue weighted by Crippen LogP contribution is 2.64. The molecule has 13 heteroatoms. The molecule has 4 aliphatic rings. The minimum atomic E-state index is -1.38. The van der Waals surface area contributed by atoms with E-state index in [0.717, 1.165) is 15.9 Å². The van der Waals surface area contributed by atoms with Gasteiger partial charge >= 0.3 is 0 Å². The normalized spacial score (nSPS) is 28.2. The number of aromatic hydroxyl groups is 1. The van der Waals surface area contributed by atoms with Crippen LogP contribution < -0.4 is 14.5 Å². The van der Waals surface area contributed by atoms with Gasteiger partial charge < -0.3 is 9.84 Å². The highest BCUT2D eigenvalue weighted by Gasteiger charge is 2.67. The molecule has 2 saturated heterocycles. The zero-order valence-corrected chi connectivity index (χ0v) is 25.8. The molecule has 11 nitrogen and oxygen atoms in total. The number of hydrogen-bond donors (Lipinski definition) is 1. The molecule has 2 heterocycles. The maximum absolute atomic E-state index is 14.5. The second-order valence-electron chi connectivity index (χ2n) is 12.5. The number of fused-ring (bicyclic) bond motifs is 4. The van der Waals surface area contributed by atoms with Crippen molar-refractivity contribution in [1.29, 1.82) is 0 Å². The number of carbonyl (C=O) groups is 4. The Morgan fingerprint density at radius 3 is 2.32 bits per heavy atom. The molecular formula is C34H27ClFN3O8. The molecule has 6 atom stereocenters. The van der Waals surface area contributed by atoms with Crippen LogP contribution in [-0.4, -0.2) is 40.8 Å². The van der Waals surface area contributed by atoms with Gasteiger partial charge in [-0.1, -0.05) is 29.3 Å². The summed E-state index contributed by atoms with van der Waals surface area (Å²) in [6, 6.07) is 13.4. The molecule has 47 heavy (non-hydrogen) atoms. The number of nitro groups is 1. The van der Waals surface area contributed by atoms with Crippen LogP contribution in [0.2, 0.25) is 5.02 Å². The predicted octanol–water partition coefficient (Wildman–Crippen LogP) is 5.54. The third-order valence-electron chi connectivity index (χ3n) is 10.3. The summed E-state index contributed by atoms with van der Waals surface area (Å²) in [4.78, 5) is 69.3. The van der Waals surface area contributed by atoms with Gasteiger partial charge in [-0.2, -0.15) is 0 Å². The molecule has 0 radical (unpaired) electrons. The number of amides is 4. The predicted molar refractivity (Wildman–Crippen MR) is 166 cm³/mol. The number of allylic oxidation sites excluding steroid dienone is 2. The van der Waals surface area contributed by atoms with E-state index in [-0.39, 0.29) is 46.4 Å². The van der Waals surface area contributed by atoms with Crippen molar-refractivity contribution >= 4 is 52.3 Å². The van der Waals surface area contributed by atoms with E-state index in [1.165, 1.54) is 49.6 Å². The number of methoxy groups -OCH3 is 1. The van der Waals surface area contributed by atoms with E-state index >= 15 is 0 Å². The van der Waals surface area contributed by atoms with Crippen molar-refractivity contribution in [2.24, 2.45) is 29.1 Å². The minimum absolute atomic E-state index is 0.0817. The van der Waals surface area contributed by atoms with Crippen LogP contribution in [0.3, 0.4) is 0 Å². The van der Waals surface area contributed by atoms with Gasteiger partial charge in [0.1, 0.15) is 5.82 Å². The molecule has 240 valence electrons. The number of rotatable bonds is 5. The molecule has 1 N–H and O–H groups in total. The Morgan fingerprint density at radius 2 is 1.66 bits per heavy atom. The Balaban J connectivity index is 1.35. The Labute approximate surface area is 272 Å². The lowest BCUT2D eigenvalue weighted by Gasteiger charge is -2.49. The number of ether oxygens (including phenoxy) is 1. The van der Waals surface area contributed by atoms with E-state index < -0.39 is 69.4 Å². The number of nitro benzene ring substituents is 1. The Hall–Kier alpha value is -5.10. The smallest absolute Gasteiger partial charge is 0.269 e. The average Bonchev–Trinajstić information content (AvgIpc) is 3.42. The maximum Gasteiger partial charge on any atom is 0.269 e. The summed E-state index contributed by atoms with van der Waals surface area (Å²) in [5.41, 5.74) is 0.0159. The molecular weight excluding hydrogens is 633 g/mol. The number of benzene rings is 3. The third-order valence-corrected chi connectivity index (χ3v) is 10.6. The van der Waals surface area contributed by atoms with E-state index in [2.05, 4.69) is 0 Å². The van der Waals surface area contributed by atoms with Gasteiger partial charge in [0.05, 0.1) is 51.6 Å². The van der Waals surface area contributed by atoms with Gasteiger partial charge in [-0.3, -0.25) is 34.2 Å². The number of non-ortho nitro benzene ring substituents is 1. The first-order chi connectivity index (χ1) is 22.4. The zero-order valence-electron chi connectivity index (χ0n) is 25.1. The summed E-state index contributed by atoms with van der Waals surface area (Å²) in [6.07, 6.45) is 2.14.